The summed E-state index contributed by atoms with van der Waals surface area (Å²) in [7, 11) is 0. The van der Waals surface area contributed by atoms with Crippen molar-refractivity contribution >= 4 is 27.5 Å². The second-order valence-corrected chi connectivity index (χ2v) is 6.16. The van der Waals surface area contributed by atoms with E-state index < -0.39 is 6.10 Å². The highest BCUT2D eigenvalue weighted by Gasteiger charge is 2.18. The van der Waals surface area contributed by atoms with E-state index in [1.165, 1.54) is 17.6 Å². The molecule has 0 aliphatic rings. The number of aromatic nitrogens is 1. The number of aliphatic hydroxyl groups excluding tert-OH is 1. The molecule has 0 fully saturated rings. The predicted molar refractivity (Wildman–Crippen MR) is 84.8 cm³/mol. The van der Waals surface area contributed by atoms with Gasteiger partial charge in [0.1, 0.15) is 11.9 Å². The third kappa shape index (κ3) is 3.18. The second-order valence-electron chi connectivity index (χ2n) is 5.13. The molecule has 0 radical (unpaired) electrons. The fourth-order valence-electron chi connectivity index (χ4n) is 2.25. The Balaban J connectivity index is 1.63. The highest BCUT2D eigenvalue weighted by atomic mass is 32.1. The minimum atomic E-state index is -0.735. The smallest absolute Gasteiger partial charge is 0.280 e. The summed E-state index contributed by atoms with van der Waals surface area (Å²) in [5.74, 6) is 0.279. The number of furan rings is 1. The number of fused-ring (bicyclic) bond motifs is 1. The Morgan fingerprint density at radius 1 is 1.36 bits per heavy atom. The van der Waals surface area contributed by atoms with Crippen molar-refractivity contribution in [1.29, 1.82) is 0 Å². The molecule has 22 heavy (non-hydrogen) atoms. The number of nitrogens with one attached hydrogen (secondary N) is 1. The van der Waals surface area contributed by atoms with Crippen LogP contribution in [0.1, 0.15) is 35.0 Å². The Kier molecular flexibility index (Phi) is 4.22. The Bertz CT molecular complexity index is 734. The summed E-state index contributed by atoms with van der Waals surface area (Å²) in [6.07, 6.45) is 1.16. The fourth-order valence-corrected chi connectivity index (χ4v) is 3.11. The van der Waals surface area contributed by atoms with Crippen LogP contribution in [0, 0.1) is 0 Å². The van der Waals surface area contributed by atoms with Gasteiger partial charge >= 0.3 is 0 Å². The van der Waals surface area contributed by atoms with Gasteiger partial charge in [-0.3, -0.25) is 4.79 Å². The van der Waals surface area contributed by atoms with Crippen molar-refractivity contribution in [1.82, 2.24) is 10.3 Å². The number of rotatable bonds is 5. The van der Waals surface area contributed by atoms with Crippen molar-refractivity contribution in [2.45, 2.75) is 25.5 Å². The molecule has 0 saturated heterocycles. The SMILES string of the molecule is CC(CC(O)c1ccco1)NC(=O)c1nc2ccccc2s1. The summed E-state index contributed by atoms with van der Waals surface area (Å²) >= 11 is 1.36. The average Bonchev–Trinajstić information content (AvgIpc) is 3.16. The summed E-state index contributed by atoms with van der Waals surface area (Å²) < 4.78 is 6.14. The third-order valence-corrected chi connectivity index (χ3v) is 4.35. The molecule has 0 aliphatic carbocycles. The molecule has 3 aromatic rings. The highest BCUT2D eigenvalue weighted by molar-refractivity contribution is 7.20. The maximum Gasteiger partial charge on any atom is 0.280 e. The summed E-state index contributed by atoms with van der Waals surface area (Å²) in [5, 5.41) is 13.3. The first kappa shape index (κ1) is 14.7. The zero-order chi connectivity index (χ0) is 15.5. The van der Waals surface area contributed by atoms with Gasteiger partial charge in [-0.05, 0) is 31.2 Å². The Labute approximate surface area is 131 Å². The van der Waals surface area contributed by atoms with E-state index in [4.69, 9.17) is 4.42 Å². The number of amides is 1. The van der Waals surface area contributed by atoms with Crippen molar-refractivity contribution in [3.63, 3.8) is 0 Å². The quantitative estimate of drug-likeness (QED) is 0.758. The van der Waals surface area contributed by atoms with Gasteiger partial charge in [0, 0.05) is 12.5 Å². The first-order valence-electron chi connectivity index (χ1n) is 7.01. The molecule has 0 aliphatic heterocycles. The van der Waals surface area contributed by atoms with Gasteiger partial charge in [-0.25, -0.2) is 4.98 Å². The first-order chi connectivity index (χ1) is 10.6. The number of carbonyl (C=O) groups excluding carboxylic acids is 1. The van der Waals surface area contributed by atoms with Crippen LogP contribution in [0.4, 0.5) is 0 Å². The van der Waals surface area contributed by atoms with Crippen LogP contribution in [0.15, 0.2) is 47.1 Å². The fraction of sp³-hybridized carbons (Fsp3) is 0.250. The van der Waals surface area contributed by atoms with Crippen molar-refractivity contribution in [2.24, 2.45) is 0 Å². The Hall–Kier alpha value is -2.18. The van der Waals surface area contributed by atoms with Crippen molar-refractivity contribution in [2.75, 3.05) is 0 Å². The van der Waals surface area contributed by atoms with Gasteiger partial charge in [-0.15, -0.1) is 11.3 Å². The largest absolute Gasteiger partial charge is 0.467 e. The zero-order valence-electron chi connectivity index (χ0n) is 12.0. The van der Waals surface area contributed by atoms with Gasteiger partial charge in [0.05, 0.1) is 16.5 Å². The lowest BCUT2D eigenvalue weighted by Crippen LogP contribution is -2.33. The molecular formula is C16H16N2O3S. The van der Waals surface area contributed by atoms with Gasteiger partial charge in [-0.2, -0.15) is 0 Å². The molecule has 1 amide bonds. The topological polar surface area (TPSA) is 75.4 Å². The van der Waals surface area contributed by atoms with Crippen LogP contribution in [0.2, 0.25) is 0 Å². The van der Waals surface area contributed by atoms with Crippen molar-refractivity contribution in [3.8, 4) is 0 Å². The van der Waals surface area contributed by atoms with Gasteiger partial charge in [0.15, 0.2) is 5.01 Å². The van der Waals surface area contributed by atoms with Crippen molar-refractivity contribution < 1.29 is 14.3 Å². The molecule has 114 valence electrons. The lowest BCUT2D eigenvalue weighted by Gasteiger charge is -2.15. The summed E-state index contributed by atoms with van der Waals surface area (Å²) in [6.45, 7) is 1.84. The molecule has 2 unspecified atom stereocenters. The predicted octanol–water partition coefficient (Wildman–Crippen LogP) is 3.13. The van der Waals surface area contributed by atoms with E-state index in [0.717, 1.165) is 10.2 Å². The normalized spacial score (nSPS) is 13.9. The van der Waals surface area contributed by atoms with E-state index in [2.05, 4.69) is 10.3 Å². The number of para-hydroxylation sites is 1. The number of carbonyl (C=O) groups is 1. The van der Waals surface area contributed by atoms with Gasteiger partial charge in [0.25, 0.3) is 5.91 Å². The van der Waals surface area contributed by atoms with Crippen LogP contribution >= 0.6 is 11.3 Å². The Morgan fingerprint density at radius 2 is 2.18 bits per heavy atom. The maximum absolute atomic E-state index is 12.2. The summed E-state index contributed by atoms with van der Waals surface area (Å²) in [5.41, 5.74) is 0.820. The van der Waals surface area contributed by atoms with E-state index >= 15 is 0 Å². The van der Waals surface area contributed by atoms with Crippen LogP contribution in [0.5, 0.6) is 0 Å². The van der Waals surface area contributed by atoms with Crippen LogP contribution in [-0.4, -0.2) is 22.0 Å². The molecule has 2 N–H and O–H groups in total. The van der Waals surface area contributed by atoms with Gasteiger partial charge in [0.2, 0.25) is 0 Å². The lowest BCUT2D eigenvalue weighted by molar-refractivity contribution is 0.0903. The molecule has 6 heteroatoms. The average molecular weight is 316 g/mol. The van der Waals surface area contributed by atoms with Crippen molar-refractivity contribution in [3.05, 3.63) is 53.4 Å². The number of benzene rings is 1. The molecule has 0 saturated carbocycles. The lowest BCUT2D eigenvalue weighted by atomic mass is 10.1. The highest BCUT2D eigenvalue weighted by Crippen LogP contribution is 2.22. The van der Waals surface area contributed by atoms with Crippen LogP contribution in [-0.2, 0) is 0 Å². The van der Waals surface area contributed by atoms with E-state index in [1.54, 1.807) is 12.1 Å². The standard InChI is InChI=1S/C16H16N2O3S/c1-10(9-12(19)13-6-4-8-21-13)17-15(20)16-18-11-5-2-3-7-14(11)22-16/h2-8,10,12,19H,9H2,1H3,(H,17,20). The summed E-state index contributed by atoms with van der Waals surface area (Å²) in [4.78, 5) is 16.5. The molecule has 0 spiro atoms. The van der Waals surface area contributed by atoms with Crippen LogP contribution in [0.25, 0.3) is 10.2 Å². The van der Waals surface area contributed by atoms with Gasteiger partial charge < -0.3 is 14.8 Å². The van der Waals surface area contributed by atoms with Crippen LogP contribution < -0.4 is 5.32 Å². The molecule has 1 aromatic carbocycles. The molecule has 2 heterocycles. The van der Waals surface area contributed by atoms with E-state index in [-0.39, 0.29) is 11.9 Å². The molecule has 3 rings (SSSR count). The third-order valence-electron chi connectivity index (χ3n) is 3.31. The minimum Gasteiger partial charge on any atom is -0.467 e. The van der Waals surface area contributed by atoms with E-state index in [0.29, 0.717) is 17.2 Å². The van der Waals surface area contributed by atoms with E-state index in [1.807, 2.05) is 31.2 Å². The van der Waals surface area contributed by atoms with Gasteiger partial charge in [-0.1, -0.05) is 12.1 Å². The number of hydrogen-bond acceptors (Lipinski definition) is 5. The number of aliphatic hydroxyl groups is 1. The molecule has 2 atom stereocenters. The number of hydrogen-bond donors (Lipinski definition) is 2. The molecule has 2 aromatic heterocycles. The van der Waals surface area contributed by atoms with E-state index in [9.17, 15) is 9.90 Å². The second kappa shape index (κ2) is 6.29. The van der Waals surface area contributed by atoms with Crippen LogP contribution in [0.3, 0.4) is 0 Å². The number of nitrogens with zero attached hydrogens (tertiary/aromatic N) is 1. The minimum absolute atomic E-state index is 0.195. The Morgan fingerprint density at radius 3 is 2.91 bits per heavy atom. The molecule has 0 bridgehead atoms. The molecular weight excluding hydrogens is 300 g/mol. The first-order valence-corrected chi connectivity index (χ1v) is 7.83. The maximum atomic E-state index is 12.2. The number of thiazole rings is 1. The summed E-state index contributed by atoms with van der Waals surface area (Å²) in [6, 6.07) is 10.9. The monoisotopic (exact) mass is 316 g/mol. The zero-order valence-corrected chi connectivity index (χ0v) is 12.8. The molecule has 5 nitrogen and oxygen atoms in total.